The van der Waals surface area contributed by atoms with E-state index in [0.717, 1.165) is 16.2 Å². The molecule has 13 heavy (non-hydrogen) atoms. The van der Waals surface area contributed by atoms with Gasteiger partial charge in [0.05, 0.1) is 0 Å². The van der Waals surface area contributed by atoms with Crippen molar-refractivity contribution in [2.45, 2.75) is 33.1 Å². The Kier molecular flexibility index (Phi) is 2.81. The van der Waals surface area contributed by atoms with Gasteiger partial charge in [-0.1, -0.05) is 32.9 Å². The summed E-state index contributed by atoms with van der Waals surface area (Å²) in [6, 6.07) is 7.16. The van der Waals surface area contributed by atoms with Crippen LogP contribution < -0.4 is 4.43 Å². The van der Waals surface area contributed by atoms with E-state index in [1.165, 1.54) is 11.1 Å². The molecule has 0 fully saturated rings. The molecule has 0 amide bonds. The van der Waals surface area contributed by atoms with Crippen LogP contribution in [0.15, 0.2) is 12.1 Å². The molecule has 1 aromatic rings. The van der Waals surface area contributed by atoms with Crippen LogP contribution in [0.4, 0.5) is 0 Å². The van der Waals surface area contributed by atoms with Crippen LogP contribution in [0.2, 0.25) is 0 Å². The van der Waals surface area contributed by atoms with Gasteiger partial charge in [-0.2, -0.15) is 0 Å². The van der Waals surface area contributed by atoms with Gasteiger partial charge in [0.1, 0.15) is 5.75 Å². The van der Waals surface area contributed by atoms with Gasteiger partial charge in [0, 0.05) is 11.6 Å². The Morgan fingerprint density at radius 3 is 2.38 bits per heavy atom. The van der Waals surface area contributed by atoms with E-state index in [4.69, 9.17) is 4.43 Å². The first-order valence-corrected chi connectivity index (χ1v) is 5.34. The Morgan fingerprint density at radius 1 is 1.38 bits per heavy atom. The SMILES string of the molecule is Cc1cc[c]c(O[SiH3])c1C(C)(C)C. The average molecular weight is 193 g/mol. The van der Waals surface area contributed by atoms with Crippen LogP contribution in [0.1, 0.15) is 31.9 Å². The van der Waals surface area contributed by atoms with Crippen LogP contribution >= 0.6 is 0 Å². The van der Waals surface area contributed by atoms with E-state index in [1.807, 2.05) is 6.07 Å². The summed E-state index contributed by atoms with van der Waals surface area (Å²) in [5.41, 5.74) is 2.71. The summed E-state index contributed by atoms with van der Waals surface area (Å²) in [4.78, 5) is 0. The highest BCUT2D eigenvalue weighted by Crippen LogP contribution is 2.33. The van der Waals surface area contributed by atoms with Crippen LogP contribution in [0.5, 0.6) is 5.75 Å². The highest BCUT2D eigenvalue weighted by molar-refractivity contribution is 6.00. The van der Waals surface area contributed by atoms with Crippen LogP contribution in [0.25, 0.3) is 0 Å². The molecule has 0 saturated heterocycles. The van der Waals surface area contributed by atoms with Crippen LogP contribution in [-0.4, -0.2) is 10.5 Å². The second kappa shape index (κ2) is 3.54. The number of rotatable bonds is 1. The normalized spacial score (nSPS) is 11.7. The summed E-state index contributed by atoms with van der Waals surface area (Å²) in [6.45, 7) is 8.73. The van der Waals surface area contributed by atoms with E-state index in [2.05, 4.69) is 39.8 Å². The smallest absolute Gasteiger partial charge is 0.204 e. The monoisotopic (exact) mass is 193 g/mol. The first kappa shape index (κ1) is 10.3. The second-order valence-corrected chi connectivity index (χ2v) is 4.73. The van der Waals surface area contributed by atoms with E-state index in [9.17, 15) is 0 Å². The third kappa shape index (κ3) is 2.13. The van der Waals surface area contributed by atoms with Crippen molar-refractivity contribution in [3.63, 3.8) is 0 Å². The molecule has 0 heterocycles. The van der Waals surface area contributed by atoms with Gasteiger partial charge >= 0.3 is 0 Å². The van der Waals surface area contributed by atoms with E-state index in [1.54, 1.807) is 0 Å². The summed E-state index contributed by atoms with van der Waals surface area (Å²) in [7, 11) is 0.726. The predicted molar refractivity (Wildman–Crippen MR) is 59.3 cm³/mol. The maximum Gasteiger partial charge on any atom is 0.204 e. The van der Waals surface area contributed by atoms with E-state index >= 15 is 0 Å². The quantitative estimate of drug-likeness (QED) is 0.618. The highest BCUT2D eigenvalue weighted by Gasteiger charge is 2.20. The van der Waals surface area contributed by atoms with E-state index in [-0.39, 0.29) is 5.41 Å². The lowest BCUT2D eigenvalue weighted by atomic mass is 9.83. The molecule has 0 aromatic heterocycles. The maximum absolute atomic E-state index is 5.44. The second-order valence-electron chi connectivity index (χ2n) is 4.32. The molecular weight excluding hydrogens is 176 g/mol. The lowest BCUT2D eigenvalue weighted by molar-refractivity contribution is 0.531. The first-order valence-electron chi connectivity index (χ1n) is 4.52. The first-order chi connectivity index (χ1) is 5.96. The number of hydrogen-bond donors (Lipinski definition) is 0. The van der Waals surface area contributed by atoms with Crippen molar-refractivity contribution < 1.29 is 4.43 Å². The molecule has 1 radical (unpaired) electrons. The zero-order chi connectivity index (χ0) is 10.1. The van der Waals surface area contributed by atoms with Gasteiger partial charge in [0.2, 0.25) is 10.5 Å². The Morgan fingerprint density at radius 2 is 2.00 bits per heavy atom. The minimum atomic E-state index is 0.140. The molecule has 71 valence electrons. The van der Waals surface area contributed by atoms with Crippen molar-refractivity contribution in [3.8, 4) is 5.75 Å². The molecule has 0 atom stereocenters. The Hall–Kier alpha value is -0.763. The predicted octanol–water partition coefficient (Wildman–Crippen LogP) is 1.75. The largest absolute Gasteiger partial charge is 0.553 e. The topological polar surface area (TPSA) is 9.23 Å². The zero-order valence-corrected chi connectivity index (χ0v) is 11.1. The summed E-state index contributed by atoms with van der Waals surface area (Å²) in [5.74, 6) is 0.930. The van der Waals surface area contributed by atoms with Crippen LogP contribution in [0, 0.1) is 13.0 Å². The Bertz CT molecular complexity index is 299. The third-order valence-corrected chi connectivity index (χ3v) is 2.53. The molecule has 0 bridgehead atoms. The minimum Gasteiger partial charge on any atom is -0.553 e. The molecule has 0 aliphatic rings. The molecule has 1 nitrogen and oxygen atoms in total. The summed E-state index contributed by atoms with van der Waals surface area (Å²) >= 11 is 0. The molecule has 0 N–H and O–H groups in total. The number of benzene rings is 1. The van der Waals surface area contributed by atoms with Gasteiger partial charge < -0.3 is 4.43 Å². The van der Waals surface area contributed by atoms with Crippen molar-refractivity contribution in [3.05, 3.63) is 29.3 Å². The fourth-order valence-electron chi connectivity index (χ4n) is 1.67. The van der Waals surface area contributed by atoms with Gasteiger partial charge in [0.15, 0.2) is 0 Å². The third-order valence-electron chi connectivity index (χ3n) is 2.12. The molecule has 2 heteroatoms. The molecule has 0 aliphatic heterocycles. The van der Waals surface area contributed by atoms with Crippen LogP contribution in [0.3, 0.4) is 0 Å². The zero-order valence-electron chi connectivity index (χ0n) is 9.06. The van der Waals surface area contributed by atoms with Gasteiger partial charge in [-0.05, 0) is 17.9 Å². The van der Waals surface area contributed by atoms with E-state index < -0.39 is 0 Å². The Labute approximate surface area is 83.7 Å². The molecule has 1 aromatic carbocycles. The molecule has 0 unspecified atom stereocenters. The van der Waals surface area contributed by atoms with Crippen LogP contribution in [-0.2, 0) is 5.41 Å². The minimum absolute atomic E-state index is 0.140. The van der Waals surface area contributed by atoms with Crippen molar-refractivity contribution in [2.75, 3.05) is 0 Å². The molecule has 0 aliphatic carbocycles. The molecular formula is C11H17OSi. The molecule has 1 rings (SSSR count). The van der Waals surface area contributed by atoms with Crippen molar-refractivity contribution in [2.24, 2.45) is 0 Å². The lowest BCUT2D eigenvalue weighted by Gasteiger charge is -2.24. The number of hydrogen-bond acceptors (Lipinski definition) is 1. The van der Waals surface area contributed by atoms with Gasteiger partial charge in [-0.3, -0.25) is 0 Å². The molecule has 0 spiro atoms. The highest BCUT2D eigenvalue weighted by atomic mass is 28.2. The fraction of sp³-hybridized carbons (Fsp3) is 0.455. The number of aryl methyl sites for hydroxylation is 1. The van der Waals surface area contributed by atoms with Crippen molar-refractivity contribution in [1.29, 1.82) is 0 Å². The average Bonchev–Trinajstić information content (AvgIpc) is 2.01. The van der Waals surface area contributed by atoms with Gasteiger partial charge in [-0.15, -0.1) is 0 Å². The summed E-state index contributed by atoms with van der Waals surface area (Å²) in [5, 5.41) is 0. The van der Waals surface area contributed by atoms with Gasteiger partial charge in [-0.25, -0.2) is 0 Å². The van der Waals surface area contributed by atoms with Crippen molar-refractivity contribution >= 4 is 10.5 Å². The lowest BCUT2D eigenvalue weighted by Crippen LogP contribution is -2.14. The summed E-state index contributed by atoms with van der Waals surface area (Å²) in [6.07, 6.45) is 0. The van der Waals surface area contributed by atoms with Crippen molar-refractivity contribution in [1.82, 2.24) is 0 Å². The standard InChI is InChI=1S/C11H17OSi/c1-8-6-5-7-9(12-13)10(8)11(2,3)4/h5-6H,1-4,13H3. The maximum atomic E-state index is 5.44. The Balaban J connectivity index is 3.32. The summed E-state index contributed by atoms with van der Waals surface area (Å²) < 4.78 is 5.44. The van der Waals surface area contributed by atoms with Gasteiger partial charge in [0.25, 0.3) is 0 Å². The van der Waals surface area contributed by atoms with E-state index in [0.29, 0.717) is 0 Å². The molecule has 0 saturated carbocycles. The fourth-order valence-corrected chi connectivity index (χ4v) is 1.99.